The van der Waals surface area contributed by atoms with Crippen LogP contribution in [-0.2, 0) is 16.0 Å². The molecule has 1 fully saturated rings. The van der Waals surface area contributed by atoms with Gasteiger partial charge in [-0.3, -0.25) is 19.4 Å². The smallest absolute Gasteiger partial charge is 0.317 e. The summed E-state index contributed by atoms with van der Waals surface area (Å²) in [4.78, 5) is 26.8. The van der Waals surface area contributed by atoms with Crippen LogP contribution in [0.25, 0.3) is 0 Å². The molecule has 0 aliphatic carbocycles. The van der Waals surface area contributed by atoms with E-state index in [2.05, 4.69) is 17.1 Å². The zero-order valence-electron chi connectivity index (χ0n) is 12.9. The number of nitrogens with zero attached hydrogens (tertiary/aromatic N) is 2. The zero-order chi connectivity index (χ0) is 15.9. The van der Waals surface area contributed by atoms with Crippen LogP contribution in [0.4, 0.5) is 5.69 Å². The number of amides is 1. The minimum Gasteiger partial charge on any atom is -0.480 e. The van der Waals surface area contributed by atoms with E-state index in [0.717, 1.165) is 30.8 Å². The Bertz CT molecular complexity index is 525. The molecule has 0 atom stereocenters. The maximum atomic E-state index is 12.1. The fourth-order valence-electron chi connectivity index (χ4n) is 2.64. The van der Waals surface area contributed by atoms with Gasteiger partial charge >= 0.3 is 5.97 Å². The standard InChI is InChI=1S/C16H23N3O3/c1-2-13-5-3-4-6-14(13)17-15(20)11-18-7-9-19(10-8-18)12-16(21)22/h3-6H,2,7-12H2,1H3,(H,17,20)(H,21,22). The molecule has 0 unspecified atom stereocenters. The van der Waals surface area contributed by atoms with Crippen molar-refractivity contribution in [1.82, 2.24) is 9.80 Å². The van der Waals surface area contributed by atoms with Crippen molar-refractivity contribution in [2.45, 2.75) is 13.3 Å². The van der Waals surface area contributed by atoms with E-state index in [1.165, 1.54) is 0 Å². The molecule has 2 N–H and O–H groups in total. The summed E-state index contributed by atoms with van der Waals surface area (Å²) in [5, 5.41) is 11.7. The van der Waals surface area contributed by atoms with E-state index in [1.54, 1.807) is 0 Å². The first kappa shape index (κ1) is 16.5. The average Bonchev–Trinajstić information content (AvgIpc) is 2.49. The van der Waals surface area contributed by atoms with Gasteiger partial charge in [-0.05, 0) is 18.1 Å². The van der Waals surface area contributed by atoms with Crippen LogP contribution in [0.1, 0.15) is 12.5 Å². The highest BCUT2D eigenvalue weighted by Gasteiger charge is 2.20. The molecule has 1 aliphatic rings. The molecule has 0 aromatic heterocycles. The third-order valence-corrected chi connectivity index (χ3v) is 3.86. The van der Waals surface area contributed by atoms with Crippen LogP contribution in [0.3, 0.4) is 0 Å². The number of anilines is 1. The van der Waals surface area contributed by atoms with Crippen molar-refractivity contribution in [2.75, 3.05) is 44.6 Å². The van der Waals surface area contributed by atoms with Crippen LogP contribution in [0, 0.1) is 0 Å². The summed E-state index contributed by atoms with van der Waals surface area (Å²) < 4.78 is 0. The maximum absolute atomic E-state index is 12.1. The lowest BCUT2D eigenvalue weighted by atomic mass is 10.1. The van der Waals surface area contributed by atoms with E-state index < -0.39 is 5.97 Å². The van der Waals surface area contributed by atoms with Gasteiger partial charge < -0.3 is 10.4 Å². The largest absolute Gasteiger partial charge is 0.480 e. The number of benzene rings is 1. The average molecular weight is 305 g/mol. The second-order valence-corrected chi connectivity index (χ2v) is 5.50. The van der Waals surface area contributed by atoms with Gasteiger partial charge in [0.2, 0.25) is 5.91 Å². The number of carboxylic acids is 1. The summed E-state index contributed by atoms with van der Waals surface area (Å²) in [5.41, 5.74) is 2.00. The van der Waals surface area contributed by atoms with Crippen molar-refractivity contribution in [3.63, 3.8) is 0 Å². The Morgan fingerprint density at radius 3 is 2.27 bits per heavy atom. The van der Waals surface area contributed by atoms with Gasteiger partial charge in [0.05, 0.1) is 13.1 Å². The number of aliphatic carboxylic acids is 1. The predicted molar refractivity (Wildman–Crippen MR) is 85.0 cm³/mol. The third-order valence-electron chi connectivity index (χ3n) is 3.86. The van der Waals surface area contributed by atoms with Crippen molar-refractivity contribution in [3.05, 3.63) is 29.8 Å². The second-order valence-electron chi connectivity index (χ2n) is 5.50. The molecule has 6 heteroatoms. The lowest BCUT2D eigenvalue weighted by molar-refractivity contribution is -0.139. The van der Waals surface area contributed by atoms with Crippen molar-refractivity contribution >= 4 is 17.6 Å². The van der Waals surface area contributed by atoms with Crippen LogP contribution in [-0.4, -0.2) is 66.1 Å². The van der Waals surface area contributed by atoms with Crippen LogP contribution >= 0.6 is 0 Å². The number of carbonyl (C=O) groups is 2. The molecule has 22 heavy (non-hydrogen) atoms. The van der Waals surface area contributed by atoms with Crippen LogP contribution in [0.5, 0.6) is 0 Å². The van der Waals surface area contributed by atoms with Gasteiger partial charge in [-0.25, -0.2) is 0 Å². The third kappa shape index (κ3) is 4.82. The van der Waals surface area contributed by atoms with Crippen molar-refractivity contribution in [1.29, 1.82) is 0 Å². The molecule has 0 saturated carbocycles. The lowest BCUT2D eigenvalue weighted by Gasteiger charge is -2.33. The lowest BCUT2D eigenvalue weighted by Crippen LogP contribution is -2.49. The summed E-state index contributed by atoms with van der Waals surface area (Å²) in [6.45, 7) is 5.29. The van der Waals surface area contributed by atoms with E-state index in [-0.39, 0.29) is 12.5 Å². The molecule has 0 radical (unpaired) electrons. The molecule has 1 amide bonds. The number of aryl methyl sites for hydroxylation is 1. The van der Waals surface area contributed by atoms with E-state index >= 15 is 0 Å². The highest BCUT2D eigenvalue weighted by Crippen LogP contribution is 2.15. The Balaban J connectivity index is 1.80. The summed E-state index contributed by atoms with van der Waals surface area (Å²) in [5.74, 6) is -0.824. The van der Waals surface area contributed by atoms with Gasteiger partial charge in [0.1, 0.15) is 0 Å². The van der Waals surface area contributed by atoms with E-state index in [9.17, 15) is 9.59 Å². The summed E-state index contributed by atoms with van der Waals surface area (Å²) in [6.07, 6.45) is 0.879. The highest BCUT2D eigenvalue weighted by molar-refractivity contribution is 5.93. The summed E-state index contributed by atoms with van der Waals surface area (Å²) >= 11 is 0. The molecule has 0 spiro atoms. The van der Waals surface area contributed by atoms with Gasteiger partial charge in [-0.2, -0.15) is 0 Å². The molecule has 0 bridgehead atoms. The monoisotopic (exact) mass is 305 g/mol. The maximum Gasteiger partial charge on any atom is 0.317 e. The van der Waals surface area contributed by atoms with E-state index in [1.807, 2.05) is 29.2 Å². The zero-order valence-corrected chi connectivity index (χ0v) is 12.9. The van der Waals surface area contributed by atoms with Crippen molar-refractivity contribution in [2.24, 2.45) is 0 Å². The molecule has 1 heterocycles. The normalized spacial score (nSPS) is 16.4. The quantitative estimate of drug-likeness (QED) is 0.816. The fourth-order valence-corrected chi connectivity index (χ4v) is 2.64. The number of hydrogen-bond donors (Lipinski definition) is 2. The van der Waals surface area contributed by atoms with Gasteiger partial charge in [-0.1, -0.05) is 25.1 Å². The Labute approximate surface area is 130 Å². The minimum atomic E-state index is -0.803. The summed E-state index contributed by atoms with van der Waals surface area (Å²) in [7, 11) is 0. The van der Waals surface area contributed by atoms with Crippen LogP contribution < -0.4 is 5.32 Å². The number of piperazine rings is 1. The second kappa shape index (κ2) is 7.91. The van der Waals surface area contributed by atoms with Gasteiger partial charge in [0.25, 0.3) is 0 Å². The van der Waals surface area contributed by atoms with E-state index in [0.29, 0.717) is 19.6 Å². The molecule has 1 aliphatic heterocycles. The Hall–Kier alpha value is -1.92. The minimum absolute atomic E-state index is 0.0208. The number of rotatable bonds is 6. The first-order valence-corrected chi connectivity index (χ1v) is 7.62. The molecule has 1 aromatic rings. The molecule has 1 saturated heterocycles. The molecule has 120 valence electrons. The predicted octanol–water partition coefficient (Wildman–Crippen LogP) is 0.890. The van der Waals surface area contributed by atoms with Crippen molar-refractivity contribution < 1.29 is 14.7 Å². The molecule has 1 aromatic carbocycles. The topological polar surface area (TPSA) is 72.9 Å². The number of para-hydroxylation sites is 1. The van der Waals surface area contributed by atoms with Crippen LogP contribution in [0.2, 0.25) is 0 Å². The van der Waals surface area contributed by atoms with E-state index in [4.69, 9.17) is 5.11 Å². The molecule has 2 rings (SSSR count). The summed E-state index contributed by atoms with van der Waals surface area (Å²) in [6, 6.07) is 7.82. The first-order valence-electron chi connectivity index (χ1n) is 7.62. The number of carboxylic acid groups (broad SMARTS) is 1. The van der Waals surface area contributed by atoms with Gasteiger partial charge in [0.15, 0.2) is 0 Å². The highest BCUT2D eigenvalue weighted by atomic mass is 16.4. The fraction of sp³-hybridized carbons (Fsp3) is 0.500. The number of hydrogen-bond acceptors (Lipinski definition) is 4. The number of carbonyl (C=O) groups excluding carboxylic acids is 1. The Morgan fingerprint density at radius 1 is 1.09 bits per heavy atom. The Kier molecular flexibility index (Phi) is 5.91. The Morgan fingerprint density at radius 2 is 1.68 bits per heavy atom. The number of nitrogens with one attached hydrogen (secondary N) is 1. The first-order chi connectivity index (χ1) is 10.6. The van der Waals surface area contributed by atoms with Gasteiger partial charge in [-0.15, -0.1) is 0 Å². The molecular weight excluding hydrogens is 282 g/mol. The van der Waals surface area contributed by atoms with Gasteiger partial charge in [0, 0.05) is 31.9 Å². The molecular formula is C16H23N3O3. The van der Waals surface area contributed by atoms with Crippen LogP contribution in [0.15, 0.2) is 24.3 Å². The SMILES string of the molecule is CCc1ccccc1NC(=O)CN1CCN(CC(=O)O)CC1. The molecule has 6 nitrogen and oxygen atoms in total. The van der Waals surface area contributed by atoms with Crippen molar-refractivity contribution in [3.8, 4) is 0 Å².